The van der Waals surface area contributed by atoms with Gasteiger partial charge in [0.15, 0.2) is 17.4 Å². The minimum atomic E-state index is -0.781. The van der Waals surface area contributed by atoms with E-state index in [1.54, 1.807) is 6.92 Å². The lowest BCUT2D eigenvalue weighted by Gasteiger charge is -2.35. The molecular weight excluding hydrogens is 306 g/mol. The molecule has 1 fully saturated rings. The van der Waals surface area contributed by atoms with Crippen molar-refractivity contribution >= 4 is 11.7 Å². The van der Waals surface area contributed by atoms with Gasteiger partial charge in [-0.3, -0.25) is 0 Å². The molecule has 2 N–H and O–H groups in total. The number of halogens is 2. The lowest BCUT2D eigenvalue weighted by Crippen LogP contribution is -2.46. The Bertz CT molecular complexity index is 565. The molecule has 5 nitrogen and oxygen atoms in total. The number of carbonyl (C=O) groups excluding carboxylic acids is 1. The summed E-state index contributed by atoms with van der Waals surface area (Å²) < 4.78 is 32.3. The van der Waals surface area contributed by atoms with Crippen LogP contribution >= 0.6 is 0 Å². The third-order valence-corrected chi connectivity index (χ3v) is 4.22. The van der Waals surface area contributed by atoms with Crippen molar-refractivity contribution in [3.05, 3.63) is 23.8 Å². The van der Waals surface area contributed by atoms with Crippen molar-refractivity contribution in [3.8, 4) is 5.75 Å². The molecule has 0 aliphatic heterocycles. The van der Waals surface area contributed by atoms with E-state index in [0.29, 0.717) is 12.5 Å². The van der Waals surface area contributed by atoms with Crippen LogP contribution in [0.4, 0.5) is 19.3 Å². The van der Waals surface area contributed by atoms with Crippen LogP contribution < -0.4 is 10.1 Å². The van der Waals surface area contributed by atoms with Gasteiger partial charge in [-0.05, 0) is 25.7 Å². The second kappa shape index (κ2) is 7.59. The van der Waals surface area contributed by atoms with Crippen molar-refractivity contribution in [2.45, 2.75) is 32.2 Å². The normalized spacial score (nSPS) is 15.7. The zero-order chi connectivity index (χ0) is 17.0. The van der Waals surface area contributed by atoms with Gasteiger partial charge in [0.1, 0.15) is 0 Å². The number of nitrogens with zero attached hydrogens (tertiary/aromatic N) is 1. The van der Waals surface area contributed by atoms with Gasteiger partial charge in [0, 0.05) is 18.7 Å². The molecule has 1 aliphatic rings. The molecule has 0 saturated heterocycles. The molecule has 1 aromatic rings. The van der Waals surface area contributed by atoms with Gasteiger partial charge < -0.3 is 20.1 Å². The van der Waals surface area contributed by atoms with Crippen LogP contribution in [0.1, 0.15) is 26.2 Å². The van der Waals surface area contributed by atoms with Gasteiger partial charge in [0.05, 0.1) is 25.4 Å². The van der Waals surface area contributed by atoms with Gasteiger partial charge in [-0.1, -0.05) is 6.42 Å². The van der Waals surface area contributed by atoms with Crippen LogP contribution in [-0.4, -0.2) is 42.3 Å². The molecule has 0 heterocycles. The fourth-order valence-corrected chi connectivity index (χ4v) is 2.48. The summed E-state index contributed by atoms with van der Waals surface area (Å²) in [6, 6.07) is 0.817. The van der Waals surface area contributed by atoms with Gasteiger partial charge >= 0.3 is 6.03 Å². The molecule has 1 atom stereocenters. The van der Waals surface area contributed by atoms with Crippen LogP contribution in [0.2, 0.25) is 0 Å². The summed E-state index contributed by atoms with van der Waals surface area (Å²) in [7, 11) is 1.24. The predicted octanol–water partition coefficient (Wildman–Crippen LogP) is 2.99. The number of nitrogens with one attached hydrogen (secondary N) is 1. The number of hydrogen-bond acceptors (Lipinski definition) is 3. The lowest BCUT2D eigenvalue weighted by molar-refractivity contribution is 0.121. The fourth-order valence-electron chi connectivity index (χ4n) is 2.48. The average molecular weight is 328 g/mol. The molecule has 23 heavy (non-hydrogen) atoms. The number of methoxy groups -OCH3 is 1. The van der Waals surface area contributed by atoms with Gasteiger partial charge in [0.25, 0.3) is 0 Å². The number of rotatable bonds is 6. The number of hydrogen-bond donors (Lipinski definition) is 2. The van der Waals surface area contributed by atoms with E-state index in [1.165, 1.54) is 12.0 Å². The second-order valence-corrected chi connectivity index (χ2v) is 5.88. The minimum Gasteiger partial charge on any atom is -0.494 e. The summed E-state index contributed by atoms with van der Waals surface area (Å²) in [6.45, 7) is 2.01. The Morgan fingerprint density at radius 3 is 2.65 bits per heavy atom. The van der Waals surface area contributed by atoms with Crippen LogP contribution in [0.15, 0.2) is 12.1 Å². The smallest absolute Gasteiger partial charge is 0.322 e. The highest BCUT2D eigenvalue weighted by atomic mass is 19.1. The summed E-state index contributed by atoms with van der Waals surface area (Å²) in [5.74, 6) is -1.37. The van der Waals surface area contributed by atoms with E-state index in [1.807, 2.05) is 0 Å². The first kappa shape index (κ1) is 17.5. The number of carbonyl (C=O) groups is 1. The Balaban J connectivity index is 2.12. The molecule has 7 heteroatoms. The van der Waals surface area contributed by atoms with E-state index in [0.717, 1.165) is 31.4 Å². The first-order valence-corrected chi connectivity index (χ1v) is 7.67. The Kier molecular flexibility index (Phi) is 5.76. The maximum absolute atomic E-state index is 13.9. The molecule has 0 bridgehead atoms. The standard InChI is InChI=1S/C16H22F2N2O3/c1-10(9-21)20(8-11-4-3-5-11)16(22)19-14-6-13(18)15(23-2)7-12(14)17/h6-7,10-11,21H,3-5,8-9H2,1-2H3,(H,19,22)/t10-/m1/s1. The molecule has 2 amide bonds. The highest BCUT2D eigenvalue weighted by Gasteiger charge is 2.27. The highest BCUT2D eigenvalue weighted by Crippen LogP contribution is 2.29. The first-order valence-electron chi connectivity index (χ1n) is 7.67. The summed E-state index contributed by atoms with van der Waals surface area (Å²) in [5.41, 5.74) is -0.253. The Labute approximate surface area is 134 Å². The number of aliphatic hydroxyl groups excluding tert-OH is 1. The third-order valence-electron chi connectivity index (χ3n) is 4.22. The molecule has 0 radical (unpaired) electrons. The SMILES string of the molecule is COc1cc(F)c(NC(=O)N(CC2CCC2)[C@H](C)CO)cc1F. The quantitative estimate of drug-likeness (QED) is 0.844. The number of urea groups is 1. The van der Waals surface area contributed by atoms with Crippen molar-refractivity contribution in [2.75, 3.05) is 25.6 Å². The molecule has 2 rings (SSSR count). The van der Waals surface area contributed by atoms with Crippen LogP contribution in [0.3, 0.4) is 0 Å². The number of anilines is 1. The molecule has 0 spiro atoms. The van der Waals surface area contributed by atoms with Crippen molar-refractivity contribution in [3.63, 3.8) is 0 Å². The molecule has 1 aromatic carbocycles. The zero-order valence-electron chi connectivity index (χ0n) is 13.3. The summed E-state index contributed by atoms with van der Waals surface area (Å²) >= 11 is 0. The maximum Gasteiger partial charge on any atom is 0.322 e. The average Bonchev–Trinajstić information content (AvgIpc) is 2.48. The number of ether oxygens (including phenoxy) is 1. The zero-order valence-corrected chi connectivity index (χ0v) is 13.3. The molecular formula is C16H22F2N2O3. The van der Waals surface area contributed by atoms with Crippen molar-refractivity contribution in [1.29, 1.82) is 0 Å². The fraction of sp³-hybridized carbons (Fsp3) is 0.562. The molecule has 0 aromatic heterocycles. The Morgan fingerprint density at radius 1 is 1.43 bits per heavy atom. The van der Waals surface area contributed by atoms with Crippen LogP contribution in [-0.2, 0) is 0 Å². The molecule has 0 unspecified atom stereocenters. The van der Waals surface area contributed by atoms with Crippen molar-refractivity contribution < 1.29 is 23.4 Å². The Morgan fingerprint density at radius 2 is 2.13 bits per heavy atom. The minimum absolute atomic E-state index is 0.195. The van der Waals surface area contributed by atoms with Crippen LogP contribution in [0.25, 0.3) is 0 Å². The van der Waals surface area contributed by atoms with E-state index < -0.39 is 23.7 Å². The maximum atomic E-state index is 13.9. The van der Waals surface area contributed by atoms with E-state index >= 15 is 0 Å². The van der Waals surface area contributed by atoms with Crippen molar-refractivity contribution in [2.24, 2.45) is 5.92 Å². The third kappa shape index (κ3) is 4.10. The largest absolute Gasteiger partial charge is 0.494 e. The number of amides is 2. The predicted molar refractivity (Wildman–Crippen MR) is 82.5 cm³/mol. The van der Waals surface area contributed by atoms with E-state index in [4.69, 9.17) is 4.74 Å². The van der Waals surface area contributed by atoms with Gasteiger partial charge in [-0.2, -0.15) is 0 Å². The van der Waals surface area contributed by atoms with Gasteiger partial charge in [0.2, 0.25) is 0 Å². The van der Waals surface area contributed by atoms with E-state index in [-0.39, 0.29) is 18.0 Å². The summed E-state index contributed by atoms with van der Waals surface area (Å²) in [4.78, 5) is 13.9. The van der Waals surface area contributed by atoms with E-state index in [9.17, 15) is 18.7 Å². The van der Waals surface area contributed by atoms with Crippen LogP contribution in [0, 0.1) is 17.6 Å². The lowest BCUT2D eigenvalue weighted by atomic mass is 9.85. The molecule has 1 aliphatic carbocycles. The first-order chi connectivity index (χ1) is 11.0. The summed E-state index contributed by atoms with van der Waals surface area (Å²) in [6.07, 6.45) is 3.20. The monoisotopic (exact) mass is 328 g/mol. The van der Waals surface area contributed by atoms with Crippen molar-refractivity contribution in [1.82, 2.24) is 4.90 Å². The number of benzene rings is 1. The highest BCUT2D eigenvalue weighted by molar-refractivity contribution is 5.89. The number of aliphatic hydroxyl groups is 1. The van der Waals surface area contributed by atoms with Gasteiger partial charge in [-0.15, -0.1) is 0 Å². The second-order valence-electron chi connectivity index (χ2n) is 5.88. The van der Waals surface area contributed by atoms with E-state index in [2.05, 4.69) is 5.32 Å². The van der Waals surface area contributed by atoms with Gasteiger partial charge in [-0.25, -0.2) is 13.6 Å². The summed E-state index contributed by atoms with van der Waals surface area (Å²) in [5, 5.41) is 11.7. The molecule has 1 saturated carbocycles. The molecule has 128 valence electrons. The topological polar surface area (TPSA) is 61.8 Å². The van der Waals surface area contributed by atoms with Crippen LogP contribution in [0.5, 0.6) is 5.75 Å². The Hall–Kier alpha value is -1.89.